The fraction of sp³-hybridized carbons (Fsp3) is 0.636. The molecule has 11 atom stereocenters. The molecule has 5 aliphatic heterocycles. The Morgan fingerprint density at radius 1 is 0.750 bits per heavy atom. The van der Waals surface area contributed by atoms with Gasteiger partial charge >= 0.3 is 0 Å². The van der Waals surface area contributed by atoms with Crippen LogP contribution in [0.15, 0.2) is 60.7 Å². The van der Waals surface area contributed by atoms with Crippen molar-refractivity contribution in [1.29, 1.82) is 0 Å². The first kappa shape index (κ1) is 31.0. The predicted octanol–water partition coefficient (Wildman–Crippen LogP) is 4.56. The molecule has 11 heteroatoms. The second kappa shape index (κ2) is 12.5. The van der Waals surface area contributed by atoms with Crippen molar-refractivity contribution in [3.63, 3.8) is 0 Å². The number of benzene rings is 2. The van der Waals surface area contributed by atoms with Crippen molar-refractivity contribution < 1.29 is 47.4 Å². The summed E-state index contributed by atoms with van der Waals surface area (Å²) in [5.74, 6) is -1.49. The molecule has 5 saturated heterocycles. The van der Waals surface area contributed by atoms with Crippen molar-refractivity contribution in [2.24, 2.45) is 0 Å². The highest BCUT2D eigenvalue weighted by Gasteiger charge is 2.61. The molecule has 2 aromatic carbocycles. The van der Waals surface area contributed by atoms with E-state index >= 15 is 0 Å². The number of rotatable bonds is 8. The molecular formula is C33H42O10S. The fourth-order valence-electron chi connectivity index (χ4n) is 6.63. The molecule has 0 amide bonds. The molecule has 0 unspecified atom stereocenters. The van der Waals surface area contributed by atoms with Crippen LogP contribution in [0, 0.1) is 0 Å². The maximum absolute atomic E-state index is 6.75. The Hall–Kier alpha value is -1.61. The van der Waals surface area contributed by atoms with Gasteiger partial charge in [-0.3, -0.25) is 0 Å². The number of hydrogen-bond donors (Lipinski definition) is 0. The van der Waals surface area contributed by atoms with Crippen LogP contribution in [0.1, 0.15) is 45.1 Å². The SMILES string of the molecule is CO[C@H]1O[C@@H]2CO[C@@H](c3ccccc3)O[C@H]2[C@H](S[C@@H]2[C@H]3OC(C)(C)O[C@H]3O[C@@H]2[C@H]2COC(C)(C)O2)[C@@H]1OCc1ccccc1. The second-order valence-electron chi connectivity index (χ2n) is 12.7. The van der Waals surface area contributed by atoms with Crippen LogP contribution in [0.3, 0.4) is 0 Å². The Labute approximate surface area is 262 Å². The van der Waals surface area contributed by atoms with Crippen LogP contribution < -0.4 is 0 Å². The first-order chi connectivity index (χ1) is 21.2. The minimum Gasteiger partial charge on any atom is -0.367 e. The van der Waals surface area contributed by atoms with Gasteiger partial charge in [-0.15, -0.1) is 11.8 Å². The van der Waals surface area contributed by atoms with Gasteiger partial charge < -0.3 is 47.4 Å². The zero-order chi connectivity index (χ0) is 30.5. The van der Waals surface area contributed by atoms with Crippen molar-refractivity contribution in [1.82, 2.24) is 0 Å². The summed E-state index contributed by atoms with van der Waals surface area (Å²) >= 11 is 1.71. The molecule has 0 N–H and O–H groups in total. The Bertz CT molecular complexity index is 1240. The van der Waals surface area contributed by atoms with Gasteiger partial charge in [-0.2, -0.15) is 0 Å². The number of ether oxygens (including phenoxy) is 10. The van der Waals surface area contributed by atoms with Gasteiger partial charge in [0.05, 0.1) is 30.3 Å². The minimum absolute atomic E-state index is 0.185. The lowest BCUT2D eigenvalue weighted by Gasteiger charge is -2.49. The van der Waals surface area contributed by atoms with Gasteiger partial charge in [0.2, 0.25) is 0 Å². The highest BCUT2D eigenvalue weighted by molar-refractivity contribution is 8.00. The first-order valence-corrected chi connectivity index (χ1v) is 16.3. The Morgan fingerprint density at radius 2 is 1.48 bits per heavy atom. The van der Waals surface area contributed by atoms with E-state index in [4.69, 9.17) is 47.4 Å². The van der Waals surface area contributed by atoms with Crippen LogP contribution in [0.2, 0.25) is 0 Å². The van der Waals surface area contributed by atoms with Gasteiger partial charge in [-0.05, 0) is 33.3 Å². The van der Waals surface area contributed by atoms with E-state index < -0.39 is 36.5 Å². The van der Waals surface area contributed by atoms with Crippen molar-refractivity contribution in [2.75, 3.05) is 20.3 Å². The second-order valence-corrected chi connectivity index (χ2v) is 14.1. The van der Waals surface area contributed by atoms with Gasteiger partial charge in [-0.25, -0.2) is 0 Å². The highest BCUT2D eigenvalue weighted by Crippen LogP contribution is 2.50. The maximum atomic E-state index is 6.75. The third-order valence-corrected chi connectivity index (χ3v) is 10.3. The summed E-state index contributed by atoms with van der Waals surface area (Å²) in [7, 11) is 1.64. The summed E-state index contributed by atoms with van der Waals surface area (Å²) in [6, 6.07) is 20.0. The van der Waals surface area contributed by atoms with E-state index in [2.05, 4.69) is 0 Å². The molecule has 7 rings (SSSR count). The molecule has 0 aromatic heterocycles. The molecule has 0 bridgehead atoms. The van der Waals surface area contributed by atoms with E-state index in [1.54, 1.807) is 18.9 Å². The Kier molecular flexibility index (Phi) is 8.84. The van der Waals surface area contributed by atoms with E-state index in [9.17, 15) is 0 Å². The summed E-state index contributed by atoms with van der Waals surface area (Å²) in [4.78, 5) is 0. The first-order valence-electron chi connectivity index (χ1n) is 15.3. The zero-order valence-electron chi connectivity index (χ0n) is 25.7. The fourth-order valence-corrected chi connectivity index (χ4v) is 8.48. The Morgan fingerprint density at radius 3 is 2.18 bits per heavy atom. The lowest BCUT2D eigenvalue weighted by Crippen LogP contribution is -2.62. The van der Waals surface area contributed by atoms with E-state index in [1.165, 1.54) is 0 Å². The van der Waals surface area contributed by atoms with Crippen LogP contribution >= 0.6 is 11.8 Å². The largest absolute Gasteiger partial charge is 0.367 e. The smallest absolute Gasteiger partial charge is 0.188 e. The van der Waals surface area contributed by atoms with E-state index in [1.807, 2.05) is 88.4 Å². The summed E-state index contributed by atoms with van der Waals surface area (Å²) in [6.07, 6.45) is -3.93. The van der Waals surface area contributed by atoms with E-state index in [0.717, 1.165) is 11.1 Å². The van der Waals surface area contributed by atoms with Crippen LogP contribution in [-0.2, 0) is 54.0 Å². The van der Waals surface area contributed by atoms with Crippen molar-refractivity contribution in [3.8, 4) is 0 Å². The molecule has 5 heterocycles. The van der Waals surface area contributed by atoms with Crippen LogP contribution in [0.5, 0.6) is 0 Å². The number of hydrogen-bond acceptors (Lipinski definition) is 11. The molecular weight excluding hydrogens is 588 g/mol. The normalized spacial score (nSPS) is 40.9. The topological polar surface area (TPSA) is 92.3 Å². The van der Waals surface area contributed by atoms with E-state index in [0.29, 0.717) is 19.8 Å². The van der Waals surface area contributed by atoms with Gasteiger partial charge in [0.15, 0.2) is 30.4 Å². The maximum Gasteiger partial charge on any atom is 0.188 e. The molecule has 5 aliphatic rings. The van der Waals surface area contributed by atoms with Crippen LogP contribution in [-0.4, -0.2) is 91.6 Å². The molecule has 0 radical (unpaired) electrons. The Balaban J connectivity index is 1.21. The summed E-state index contributed by atoms with van der Waals surface area (Å²) in [6.45, 7) is 8.80. The third kappa shape index (κ3) is 6.34. The third-order valence-electron chi connectivity index (χ3n) is 8.61. The summed E-state index contributed by atoms with van der Waals surface area (Å²) in [5, 5.41) is -0.426. The van der Waals surface area contributed by atoms with Gasteiger partial charge in [0.25, 0.3) is 0 Å². The quantitative estimate of drug-likeness (QED) is 0.411. The molecule has 2 aromatic rings. The molecule has 0 aliphatic carbocycles. The van der Waals surface area contributed by atoms with E-state index in [-0.39, 0.29) is 41.0 Å². The standard InChI is InChI=1S/C33H42O10S/c1-32(2)37-18-22(41-32)24-28(26-31(40-24)43-33(3,4)42-26)44-27-23-21(17-36-29(39-23)20-14-10-7-11-15-20)38-30(34-5)25(27)35-16-19-12-8-6-9-13-19/h6-15,21-31H,16-18H2,1-5H3/t21-,22-,23-,24-,25+,26-,27+,28+,29-,30+,31-/m1/s1. The van der Waals surface area contributed by atoms with Crippen LogP contribution in [0.25, 0.3) is 0 Å². The minimum atomic E-state index is -0.782. The molecule has 0 spiro atoms. The zero-order valence-corrected chi connectivity index (χ0v) is 26.6. The van der Waals surface area contributed by atoms with Gasteiger partial charge in [0.1, 0.15) is 36.6 Å². The average molecular weight is 631 g/mol. The van der Waals surface area contributed by atoms with Crippen LogP contribution in [0.4, 0.5) is 0 Å². The molecule has 44 heavy (non-hydrogen) atoms. The predicted molar refractivity (Wildman–Crippen MR) is 159 cm³/mol. The highest BCUT2D eigenvalue weighted by atomic mass is 32.2. The van der Waals surface area contributed by atoms with Crippen molar-refractivity contribution >= 4 is 11.8 Å². The number of thioether (sulfide) groups is 1. The average Bonchev–Trinajstić information content (AvgIpc) is 3.65. The van der Waals surface area contributed by atoms with Crippen molar-refractivity contribution in [3.05, 3.63) is 71.8 Å². The monoisotopic (exact) mass is 630 g/mol. The van der Waals surface area contributed by atoms with Gasteiger partial charge in [-0.1, -0.05) is 60.7 Å². The number of fused-ring (bicyclic) bond motifs is 2. The van der Waals surface area contributed by atoms with Gasteiger partial charge in [0, 0.05) is 12.7 Å². The molecule has 10 nitrogen and oxygen atoms in total. The summed E-state index contributed by atoms with van der Waals surface area (Å²) < 4.78 is 63.5. The van der Waals surface area contributed by atoms with Crippen molar-refractivity contribution in [2.45, 2.75) is 112 Å². The molecule has 0 saturated carbocycles. The molecule has 240 valence electrons. The molecule has 5 fully saturated rings. The lowest BCUT2D eigenvalue weighted by molar-refractivity contribution is -0.335. The summed E-state index contributed by atoms with van der Waals surface area (Å²) in [5.41, 5.74) is 2.00. The number of methoxy groups -OCH3 is 1. The lowest BCUT2D eigenvalue weighted by atomic mass is 10.00.